The zero-order valence-electron chi connectivity index (χ0n) is 8.70. The lowest BCUT2D eigenvalue weighted by molar-refractivity contribution is 0.308. The minimum Gasteiger partial charge on any atom is -0.444 e. The van der Waals surface area contributed by atoms with Gasteiger partial charge in [0.05, 0.1) is 12.7 Å². The summed E-state index contributed by atoms with van der Waals surface area (Å²) in [6.45, 7) is 2.73. The second-order valence-corrected chi connectivity index (χ2v) is 4.32. The van der Waals surface area contributed by atoms with Gasteiger partial charge in [0.2, 0.25) is 5.89 Å². The number of nitrogens with zero attached hydrogens (tertiary/aromatic N) is 1. The maximum absolute atomic E-state index is 5.57. The van der Waals surface area contributed by atoms with Crippen LogP contribution in [0.1, 0.15) is 50.2 Å². The second kappa shape index (κ2) is 4.13. The van der Waals surface area contributed by atoms with Gasteiger partial charge < -0.3 is 10.2 Å². The Hall–Kier alpha value is -0.830. The molecule has 0 bridgehead atoms. The smallest absolute Gasteiger partial charge is 0.208 e. The molecule has 2 N–H and O–H groups in total. The second-order valence-electron chi connectivity index (χ2n) is 4.32. The average Bonchev–Trinajstić information content (AvgIpc) is 2.67. The van der Waals surface area contributed by atoms with Gasteiger partial charge >= 0.3 is 0 Å². The van der Waals surface area contributed by atoms with Crippen molar-refractivity contribution < 1.29 is 4.42 Å². The fourth-order valence-electron chi connectivity index (χ4n) is 2.15. The first-order valence-corrected chi connectivity index (χ1v) is 5.44. The molecule has 3 nitrogen and oxygen atoms in total. The van der Waals surface area contributed by atoms with Crippen LogP contribution in [0.3, 0.4) is 0 Å². The van der Waals surface area contributed by atoms with Gasteiger partial charge in [0.1, 0.15) is 5.76 Å². The summed E-state index contributed by atoms with van der Waals surface area (Å²) in [6.07, 6.45) is 6.94. The summed E-state index contributed by atoms with van der Waals surface area (Å²) in [5, 5.41) is 0. The molecule has 0 amide bonds. The van der Waals surface area contributed by atoms with Crippen LogP contribution in [-0.2, 0) is 6.54 Å². The average molecular weight is 194 g/mol. The van der Waals surface area contributed by atoms with Crippen molar-refractivity contribution in [2.24, 2.45) is 11.7 Å². The molecular formula is C11H18N2O. The van der Waals surface area contributed by atoms with Crippen LogP contribution in [0.4, 0.5) is 0 Å². The SMILES string of the molecule is CC1CCC(c2cnc(CN)o2)CC1. The van der Waals surface area contributed by atoms with E-state index in [-0.39, 0.29) is 0 Å². The van der Waals surface area contributed by atoms with Crippen LogP contribution in [0.5, 0.6) is 0 Å². The van der Waals surface area contributed by atoms with Crippen LogP contribution in [0.25, 0.3) is 0 Å². The predicted octanol–water partition coefficient (Wildman–Crippen LogP) is 2.43. The molecule has 1 aliphatic rings. The van der Waals surface area contributed by atoms with Gasteiger partial charge in [0, 0.05) is 5.92 Å². The fourth-order valence-corrected chi connectivity index (χ4v) is 2.15. The predicted molar refractivity (Wildman–Crippen MR) is 54.8 cm³/mol. The molecule has 0 spiro atoms. The molecule has 0 aromatic carbocycles. The topological polar surface area (TPSA) is 52.0 Å². The Bertz CT molecular complexity index is 287. The molecule has 1 heterocycles. The number of oxazole rings is 1. The molecule has 0 unspecified atom stereocenters. The van der Waals surface area contributed by atoms with Gasteiger partial charge in [-0.1, -0.05) is 19.8 Å². The number of hydrogen-bond acceptors (Lipinski definition) is 3. The van der Waals surface area contributed by atoms with Crippen molar-refractivity contribution in [2.45, 2.75) is 45.1 Å². The quantitative estimate of drug-likeness (QED) is 0.786. The van der Waals surface area contributed by atoms with Crippen LogP contribution >= 0.6 is 0 Å². The summed E-state index contributed by atoms with van der Waals surface area (Å²) in [7, 11) is 0. The molecule has 1 aromatic heterocycles. The van der Waals surface area contributed by atoms with Gasteiger partial charge in [-0.05, 0) is 18.8 Å². The first kappa shape index (κ1) is 9.71. The summed E-state index contributed by atoms with van der Waals surface area (Å²) < 4.78 is 5.57. The Kier molecular flexibility index (Phi) is 2.87. The van der Waals surface area contributed by atoms with Crippen LogP contribution in [0.15, 0.2) is 10.6 Å². The first-order valence-electron chi connectivity index (χ1n) is 5.44. The van der Waals surface area contributed by atoms with Crippen molar-refractivity contribution in [3.05, 3.63) is 17.8 Å². The summed E-state index contributed by atoms with van der Waals surface area (Å²) in [5.74, 6) is 3.16. The number of hydrogen-bond donors (Lipinski definition) is 1. The minimum absolute atomic E-state index is 0.406. The van der Waals surface area contributed by atoms with Crippen LogP contribution in [0.2, 0.25) is 0 Å². The molecule has 0 saturated heterocycles. The van der Waals surface area contributed by atoms with Gasteiger partial charge in [-0.15, -0.1) is 0 Å². The largest absolute Gasteiger partial charge is 0.444 e. The van der Waals surface area contributed by atoms with Crippen molar-refractivity contribution in [3.8, 4) is 0 Å². The van der Waals surface area contributed by atoms with Crippen molar-refractivity contribution in [1.82, 2.24) is 4.98 Å². The van der Waals surface area contributed by atoms with E-state index in [1.165, 1.54) is 25.7 Å². The van der Waals surface area contributed by atoms with E-state index in [1.54, 1.807) is 0 Å². The summed E-state index contributed by atoms with van der Waals surface area (Å²) >= 11 is 0. The fraction of sp³-hybridized carbons (Fsp3) is 0.727. The molecule has 3 heteroatoms. The van der Waals surface area contributed by atoms with Crippen molar-refractivity contribution in [3.63, 3.8) is 0 Å². The zero-order valence-corrected chi connectivity index (χ0v) is 8.70. The van der Waals surface area contributed by atoms with E-state index in [0.29, 0.717) is 18.4 Å². The molecule has 14 heavy (non-hydrogen) atoms. The molecule has 1 fully saturated rings. The summed E-state index contributed by atoms with van der Waals surface area (Å²) in [4.78, 5) is 4.14. The van der Waals surface area contributed by atoms with Gasteiger partial charge in [0.15, 0.2) is 0 Å². The van der Waals surface area contributed by atoms with E-state index in [0.717, 1.165) is 11.7 Å². The molecular weight excluding hydrogens is 176 g/mol. The third-order valence-electron chi connectivity index (χ3n) is 3.16. The Morgan fingerprint density at radius 1 is 1.43 bits per heavy atom. The third-order valence-corrected chi connectivity index (χ3v) is 3.16. The molecule has 0 radical (unpaired) electrons. The van der Waals surface area contributed by atoms with E-state index >= 15 is 0 Å². The van der Waals surface area contributed by atoms with Crippen LogP contribution in [0, 0.1) is 5.92 Å². The van der Waals surface area contributed by atoms with Gasteiger partial charge in [0.25, 0.3) is 0 Å². The number of aromatic nitrogens is 1. The van der Waals surface area contributed by atoms with E-state index in [2.05, 4.69) is 11.9 Å². The molecule has 2 rings (SSSR count). The van der Waals surface area contributed by atoms with E-state index in [9.17, 15) is 0 Å². The number of rotatable bonds is 2. The minimum atomic E-state index is 0.406. The Morgan fingerprint density at radius 2 is 2.14 bits per heavy atom. The Labute approximate surface area is 84.7 Å². The molecule has 78 valence electrons. The zero-order chi connectivity index (χ0) is 9.97. The molecule has 1 aliphatic carbocycles. The highest BCUT2D eigenvalue weighted by atomic mass is 16.4. The molecule has 1 aromatic rings. The highest BCUT2D eigenvalue weighted by molar-refractivity contribution is 5.03. The lowest BCUT2D eigenvalue weighted by Crippen LogP contribution is -2.10. The lowest BCUT2D eigenvalue weighted by atomic mass is 9.82. The molecule has 0 aliphatic heterocycles. The normalized spacial score (nSPS) is 27.9. The lowest BCUT2D eigenvalue weighted by Gasteiger charge is -2.24. The van der Waals surface area contributed by atoms with E-state index in [4.69, 9.17) is 10.2 Å². The monoisotopic (exact) mass is 194 g/mol. The number of nitrogens with two attached hydrogens (primary N) is 1. The maximum Gasteiger partial charge on any atom is 0.208 e. The summed E-state index contributed by atoms with van der Waals surface area (Å²) in [6, 6.07) is 0. The van der Waals surface area contributed by atoms with E-state index < -0.39 is 0 Å². The van der Waals surface area contributed by atoms with Crippen molar-refractivity contribution >= 4 is 0 Å². The van der Waals surface area contributed by atoms with E-state index in [1.807, 2.05) is 6.20 Å². The molecule has 0 atom stereocenters. The molecule has 1 saturated carbocycles. The highest BCUT2D eigenvalue weighted by Gasteiger charge is 2.22. The maximum atomic E-state index is 5.57. The van der Waals surface area contributed by atoms with Gasteiger partial charge in [-0.25, -0.2) is 4.98 Å². The van der Waals surface area contributed by atoms with Gasteiger partial charge in [-0.2, -0.15) is 0 Å². The Balaban J connectivity index is 2.01. The van der Waals surface area contributed by atoms with Crippen LogP contribution < -0.4 is 5.73 Å². The highest BCUT2D eigenvalue weighted by Crippen LogP contribution is 2.35. The Morgan fingerprint density at radius 3 is 2.71 bits per heavy atom. The van der Waals surface area contributed by atoms with Crippen molar-refractivity contribution in [2.75, 3.05) is 0 Å². The third kappa shape index (κ3) is 1.98. The van der Waals surface area contributed by atoms with Crippen LogP contribution in [-0.4, -0.2) is 4.98 Å². The van der Waals surface area contributed by atoms with Crippen molar-refractivity contribution in [1.29, 1.82) is 0 Å². The summed E-state index contributed by atoms with van der Waals surface area (Å²) in [5.41, 5.74) is 5.46. The van der Waals surface area contributed by atoms with Gasteiger partial charge in [-0.3, -0.25) is 0 Å². The first-order chi connectivity index (χ1) is 6.79. The standard InChI is InChI=1S/C11H18N2O/c1-8-2-4-9(5-3-8)10-7-13-11(6-12)14-10/h7-9H,2-6,12H2,1H3.